The van der Waals surface area contributed by atoms with E-state index in [1.807, 2.05) is 0 Å². The van der Waals surface area contributed by atoms with E-state index in [0.29, 0.717) is 18.7 Å². The number of ether oxygens (including phenoxy) is 1. The molecule has 0 aromatic heterocycles. The summed E-state index contributed by atoms with van der Waals surface area (Å²) in [7, 11) is 0. The minimum absolute atomic E-state index is 0.191. The summed E-state index contributed by atoms with van der Waals surface area (Å²) in [4.78, 5) is 11.9. The summed E-state index contributed by atoms with van der Waals surface area (Å²) in [6, 6.07) is 4.49. The molecule has 1 aromatic rings. The Bertz CT molecular complexity index is 514. The number of benzene rings is 1. The molecule has 22 heavy (non-hydrogen) atoms. The van der Waals surface area contributed by atoms with Crippen molar-refractivity contribution in [2.45, 2.75) is 31.7 Å². The topological polar surface area (TPSA) is 50.4 Å². The number of carbonyl (C=O) groups is 1. The van der Waals surface area contributed by atoms with Crippen LogP contribution in [0.25, 0.3) is 0 Å². The maximum Gasteiger partial charge on any atom is 0.416 e. The molecule has 122 valence electrons. The lowest BCUT2D eigenvalue weighted by Gasteiger charge is -2.24. The van der Waals surface area contributed by atoms with Crippen molar-refractivity contribution < 1.29 is 22.7 Å². The first-order valence-electron chi connectivity index (χ1n) is 7.15. The molecule has 2 N–H and O–H groups in total. The van der Waals surface area contributed by atoms with Crippen molar-refractivity contribution >= 4 is 5.91 Å². The van der Waals surface area contributed by atoms with Gasteiger partial charge in [-0.2, -0.15) is 13.2 Å². The molecule has 0 radical (unpaired) electrons. The van der Waals surface area contributed by atoms with Crippen molar-refractivity contribution in [2.24, 2.45) is 0 Å². The number of carbonyl (C=O) groups excluding carboxylic acids is 1. The van der Waals surface area contributed by atoms with Crippen LogP contribution >= 0.6 is 0 Å². The van der Waals surface area contributed by atoms with Crippen LogP contribution in [0.15, 0.2) is 24.3 Å². The Morgan fingerprint density at radius 2 is 2.27 bits per heavy atom. The predicted molar refractivity (Wildman–Crippen MR) is 75.2 cm³/mol. The molecule has 1 saturated heterocycles. The maximum atomic E-state index is 12.7. The zero-order valence-electron chi connectivity index (χ0n) is 12.2. The molecular formula is C15H19F3N2O2. The Morgan fingerprint density at radius 1 is 1.50 bits per heavy atom. The van der Waals surface area contributed by atoms with Crippen LogP contribution in [-0.2, 0) is 15.7 Å². The normalized spacial score (nSPS) is 20.5. The number of alkyl halides is 3. The molecule has 0 aliphatic carbocycles. The van der Waals surface area contributed by atoms with Gasteiger partial charge in [-0.15, -0.1) is 0 Å². The van der Waals surface area contributed by atoms with Gasteiger partial charge in [0.2, 0.25) is 5.91 Å². The lowest BCUT2D eigenvalue weighted by Crippen LogP contribution is -2.41. The van der Waals surface area contributed by atoms with Gasteiger partial charge < -0.3 is 15.4 Å². The smallest absolute Gasteiger partial charge is 0.375 e. The minimum atomic E-state index is -4.39. The SMILES string of the molecule is CC(NC(=O)CC1CNCCO1)c1cccc(C(F)(F)F)c1. The van der Waals surface area contributed by atoms with Crippen molar-refractivity contribution in [1.82, 2.24) is 10.6 Å². The summed E-state index contributed by atoms with van der Waals surface area (Å²) in [6.07, 6.45) is -4.39. The second-order valence-electron chi connectivity index (χ2n) is 5.31. The third-order valence-corrected chi connectivity index (χ3v) is 3.51. The minimum Gasteiger partial charge on any atom is -0.375 e. The van der Waals surface area contributed by atoms with E-state index in [9.17, 15) is 18.0 Å². The quantitative estimate of drug-likeness (QED) is 0.896. The predicted octanol–water partition coefficient (Wildman–Crippen LogP) is 2.26. The average Bonchev–Trinajstić information content (AvgIpc) is 2.47. The van der Waals surface area contributed by atoms with Crippen molar-refractivity contribution in [2.75, 3.05) is 19.7 Å². The third kappa shape index (κ3) is 4.71. The van der Waals surface area contributed by atoms with Gasteiger partial charge in [-0.25, -0.2) is 0 Å². The molecule has 4 nitrogen and oxygen atoms in total. The van der Waals surface area contributed by atoms with E-state index in [-0.39, 0.29) is 18.4 Å². The van der Waals surface area contributed by atoms with Crippen molar-refractivity contribution in [3.63, 3.8) is 0 Å². The Labute approximate surface area is 127 Å². The van der Waals surface area contributed by atoms with E-state index < -0.39 is 17.8 Å². The number of rotatable bonds is 4. The molecule has 7 heteroatoms. The molecule has 1 aliphatic rings. The van der Waals surface area contributed by atoms with E-state index in [4.69, 9.17) is 4.74 Å². The number of hydrogen-bond donors (Lipinski definition) is 2. The number of nitrogens with one attached hydrogen (secondary N) is 2. The van der Waals surface area contributed by atoms with E-state index in [1.165, 1.54) is 6.07 Å². The molecule has 1 heterocycles. The summed E-state index contributed by atoms with van der Waals surface area (Å²) in [5, 5.41) is 5.83. The van der Waals surface area contributed by atoms with E-state index in [2.05, 4.69) is 10.6 Å². The van der Waals surface area contributed by atoms with Crippen LogP contribution in [-0.4, -0.2) is 31.7 Å². The second kappa shape index (κ2) is 7.11. The van der Waals surface area contributed by atoms with E-state index in [0.717, 1.165) is 18.7 Å². The van der Waals surface area contributed by atoms with Crippen LogP contribution < -0.4 is 10.6 Å². The zero-order chi connectivity index (χ0) is 16.2. The first-order valence-corrected chi connectivity index (χ1v) is 7.15. The van der Waals surface area contributed by atoms with Gasteiger partial charge in [-0.1, -0.05) is 12.1 Å². The van der Waals surface area contributed by atoms with Gasteiger partial charge in [0.05, 0.1) is 30.7 Å². The zero-order valence-corrected chi connectivity index (χ0v) is 12.2. The van der Waals surface area contributed by atoms with Gasteiger partial charge >= 0.3 is 6.18 Å². The summed E-state index contributed by atoms with van der Waals surface area (Å²) in [5.41, 5.74) is -0.295. The van der Waals surface area contributed by atoms with E-state index >= 15 is 0 Å². The van der Waals surface area contributed by atoms with Crippen LogP contribution in [0.2, 0.25) is 0 Å². The fourth-order valence-corrected chi connectivity index (χ4v) is 2.33. The van der Waals surface area contributed by atoms with Gasteiger partial charge in [0.25, 0.3) is 0 Å². The largest absolute Gasteiger partial charge is 0.416 e. The first kappa shape index (κ1) is 16.8. The number of morpholine rings is 1. The molecule has 2 atom stereocenters. The molecule has 0 saturated carbocycles. The number of amides is 1. The average molecular weight is 316 g/mol. The highest BCUT2D eigenvalue weighted by atomic mass is 19.4. The molecule has 2 unspecified atom stereocenters. The third-order valence-electron chi connectivity index (χ3n) is 3.51. The summed E-state index contributed by atoms with van der Waals surface area (Å²) < 4.78 is 43.5. The fraction of sp³-hybridized carbons (Fsp3) is 0.533. The molecule has 1 aromatic carbocycles. The van der Waals surface area contributed by atoms with Gasteiger partial charge in [-0.3, -0.25) is 4.79 Å². The summed E-state index contributed by atoms with van der Waals surface area (Å²) in [5.74, 6) is -0.237. The van der Waals surface area contributed by atoms with Gasteiger partial charge in [0.1, 0.15) is 0 Å². The van der Waals surface area contributed by atoms with Crippen molar-refractivity contribution in [1.29, 1.82) is 0 Å². The molecule has 1 aliphatic heterocycles. The van der Waals surface area contributed by atoms with Crippen LogP contribution in [0, 0.1) is 0 Å². The molecule has 1 fully saturated rings. The standard InChI is InChI=1S/C15H19F3N2O2/c1-10(11-3-2-4-12(7-11)15(16,17)18)20-14(21)8-13-9-19-5-6-22-13/h2-4,7,10,13,19H,5-6,8-9H2,1H3,(H,20,21). The summed E-state index contributed by atoms with van der Waals surface area (Å²) in [6.45, 7) is 3.58. The van der Waals surface area contributed by atoms with Crippen molar-refractivity contribution in [3.8, 4) is 0 Å². The lowest BCUT2D eigenvalue weighted by atomic mass is 10.0. The van der Waals surface area contributed by atoms with Crippen molar-refractivity contribution in [3.05, 3.63) is 35.4 Å². The van der Waals surface area contributed by atoms with Crippen LogP contribution in [0.1, 0.15) is 30.5 Å². The maximum absolute atomic E-state index is 12.7. The highest BCUT2D eigenvalue weighted by Gasteiger charge is 2.30. The number of hydrogen-bond acceptors (Lipinski definition) is 3. The highest BCUT2D eigenvalue weighted by molar-refractivity contribution is 5.77. The van der Waals surface area contributed by atoms with Gasteiger partial charge in [0.15, 0.2) is 0 Å². The Morgan fingerprint density at radius 3 is 2.91 bits per heavy atom. The number of halogens is 3. The Kier molecular flexibility index (Phi) is 5.42. The molecular weight excluding hydrogens is 297 g/mol. The van der Waals surface area contributed by atoms with E-state index in [1.54, 1.807) is 13.0 Å². The summed E-state index contributed by atoms with van der Waals surface area (Å²) >= 11 is 0. The van der Waals surface area contributed by atoms with Crippen LogP contribution in [0.4, 0.5) is 13.2 Å². The molecule has 2 rings (SSSR count). The molecule has 0 bridgehead atoms. The monoisotopic (exact) mass is 316 g/mol. The van der Waals surface area contributed by atoms with Crippen LogP contribution in [0.5, 0.6) is 0 Å². The van der Waals surface area contributed by atoms with Gasteiger partial charge in [0, 0.05) is 13.1 Å². The lowest BCUT2D eigenvalue weighted by molar-refractivity contribution is -0.137. The second-order valence-corrected chi connectivity index (χ2v) is 5.31. The highest BCUT2D eigenvalue weighted by Crippen LogP contribution is 2.30. The first-order chi connectivity index (χ1) is 10.4. The molecule has 1 amide bonds. The Hall–Kier alpha value is -1.60. The van der Waals surface area contributed by atoms with Gasteiger partial charge in [-0.05, 0) is 24.6 Å². The van der Waals surface area contributed by atoms with Crippen LogP contribution in [0.3, 0.4) is 0 Å². The fourth-order valence-electron chi connectivity index (χ4n) is 2.33. The molecule has 0 spiro atoms. The Balaban J connectivity index is 1.93.